The fourth-order valence-electron chi connectivity index (χ4n) is 1.07. The molecule has 60 valence electrons. The lowest BCUT2D eigenvalue weighted by Crippen LogP contribution is -1.87. The Bertz CT molecular complexity index is 245. The van der Waals surface area contributed by atoms with Crippen molar-refractivity contribution in [2.75, 3.05) is 0 Å². The number of alkyl halides is 1. The van der Waals surface area contributed by atoms with Crippen LogP contribution in [-0.2, 0) is 11.8 Å². The first-order valence-electron chi connectivity index (χ1n) is 3.64. The summed E-state index contributed by atoms with van der Waals surface area (Å²) >= 11 is 3.39. The number of hydrogen-bond acceptors (Lipinski definition) is 1. The third-order valence-corrected chi connectivity index (χ3v) is 2.32. The summed E-state index contributed by atoms with van der Waals surface area (Å²) in [5.74, 6) is 0.353. The minimum atomic E-state index is 0.353. The van der Waals surface area contributed by atoms with Gasteiger partial charge in [0.2, 0.25) is 0 Å². The highest BCUT2D eigenvalue weighted by Gasteiger charge is 1.99. The Labute approximate surface area is 75.2 Å². The summed E-state index contributed by atoms with van der Waals surface area (Å²) in [5, 5.41) is 10.0. The highest BCUT2D eigenvalue weighted by atomic mass is 79.9. The summed E-state index contributed by atoms with van der Waals surface area (Å²) in [7, 11) is 0. The summed E-state index contributed by atoms with van der Waals surface area (Å²) in [6, 6.07) is 5.48. The minimum Gasteiger partial charge on any atom is -0.508 e. The number of aryl methyl sites for hydroxylation is 1. The molecule has 0 spiro atoms. The molecule has 0 aromatic heterocycles. The Kier molecular flexibility index (Phi) is 2.94. The molecule has 0 saturated carbocycles. The standard InChI is InChI=1S/C9H11BrO/c1-2-7-5-9(11)4-3-8(7)6-10/h3-5,11H,2,6H2,1H3. The molecule has 1 aromatic carbocycles. The summed E-state index contributed by atoms with van der Waals surface area (Å²) in [5.41, 5.74) is 2.46. The van der Waals surface area contributed by atoms with E-state index in [1.807, 2.05) is 12.1 Å². The molecule has 0 fully saturated rings. The van der Waals surface area contributed by atoms with Crippen molar-refractivity contribution < 1.29 is 5.11 Å². The third-order valence-electron chi connectivity index (χ3n) is 1.71. The molecule has 2 heteroatoms. The van der Waals surface area contributed by atoms with E-state index in [-0.39, 0.29) is 0 Å². The van der Waals surface area contributed by atoms with Crippen LogP contribution >= 0.6 is 15.9 Å². The van der Waals surface area contributed by atoms with Gasteiger partial charge < -0.3 is 5.11 Å². The van der Waals surface area contributed by atoms with E-state index in [0.29, 0.717) is 5.75 Å². The van der Waals surface area contributed by atoms with Crippen LogP contribution in [0.1, 0.15) is 18.1 Å². The Morgan fingerprint density at radius 1 is 1.36 bits per heavy atom. The van der Waals surface area contributed by atoms with Crippen molar-refractivity contribution in [3.63, 3.8) is 0 Å². The lowest BCUT2D eigenvalue weighted by atomic mass is 10.1. The van der Waals surface area contributed by atoms with Crippen molar-refractivity contribution in [3.05, 3.63) is 29.3 Å². The molecule has 0 radical (unpaired) electrons. The first-order chi connectivity index (χ1) is 5.27. The third kappa shape index (κ3) is 1.96. The van der Waals surface area contributed by atoms with Crippen molar-refractivity contribution in [1.82, 2.24) is 0 Å². The molecular weight excluding hydrogens is 204 g/mol. The van der Waals surface area contributed by atoms with E-state index in [2.05, 4.69) is 22.9 Å². The molecule has 0 aliphatic carbocycles. The van der Waals surface area contributed by atoms with Crippen LogP contribution < -0.4 is 0 Å². The van der Waals surface area contributed by atoms with Crippen LogP contribution in [0, 0.1) is 0 Å². The molecule has 1 nitrogen and oxygen atoms in total. The molecular formula is C9H11BrO. The van der Waals surface area contributed by atoms with E-state index in [1.165, 1.54) is 11.1 Å². The van der Waals surface area contributed by atoms with E-state index in [9.17, 15) is 0 Å². The number of hydrogen-bond donors (Lipinski definition) is 1. The van der Waals surface area contributed by atoms with Gasteiger partial charge >= 0.3 is 0 Å². The lowest BCUT2D eigenvalue weighted by molar-refractivity contribution is 0.474. The van der Waals surface area contributed by atoms with E-state index >= 15 is 0 Å². The smallest absolute Gasteiger partial charge is 0.115 e. The highest BCUT2D eigenvalue weighted by Crippen LogP contribution is 2.18. The minimum absolute atomic E-state index is 0.353. The van der Waals surface area contributed by atoms with Gasteiger partial charge in [-0.2, -0.15) is 0 Å². The molecule has 11 heavy (non-hydrogen) atoms. The van der Waals surface area contributed by atoms with Gasteiger partial charge in [-0.1, -0.05) is 28.9 Å². The van der Waals surface area contributed by atoms with E-state index in [1.54, 1.807) is 6.07 Å². The first kappa shape index (κ1) is 8.60. The number of phenolic OH excluding ortho intramolecular Hbond substituents is 1. The van der Waals surface area contributed by atoms with Crippen molar-refractivity contribution in [3.8, 4) is 5.75 Å². The van der Waals surface area contributed by atoms with Gasteiger partial charge in [0.15, 0.2) is 0 Å². The van der Waals surface area contributed by atoms with Crippen LogP contribution in [0.4, 0.5) is 0 Å². The fourth-order valence-corrected chi connectivity index (χ4v) is 1.62. The lowest BCUT2D eigenvalue weighted by Gasteiger charge is -2.03. The van der Waals surface area contributed by atoms with Gasteiger partial charge in [0.25, 0.3) is 0 Å². The number of benzene rings is 1. The second-order valence-corrected chi connectivity index (χ2v) is 3.00. The monoisotopic (exact) mass is 214 g/mol. The maximum Gasteiger partial charge on any atom is 0.115 e. The molecule has 0 atom stereocenters. The zero-order valence-electron chi connectivity index (χ0n) is 6.47. The molecule has 0 amide bonds. The van der Waals surface area contributed by atoms with Crippen LogP contribution in [0.5, 0.6) is 5.75 Å². The molecule has 0 aliphatic heterocycles. The van der Waals surface area contributed by atoms with Crippen molar-refractivity contribution in [2.24, 2.45) is 0 Å². The van der Waals surface area contributed by atoms with Crippen molar-refractivity contribution in [1.29, 1.82) is 0 Å². The second kappa shape index (κ2) is 3.77. The molecule has 0 unspecified atom stereocenters. The number of phenols is 1. The Morgan fingerprint density at radius 3 is 2.64 bits per heavy atom. The average molecular weight is 215 g/mol. The van der Waals surface area contributed by atoms with Gasteiger partial charge in [-0.05, 0) is 29.7 Å². The molecule has 0 heterocycles. The molecule has 0 aliphatic rings. The summed E-state index contributed by atoms with van der Waals surface area (Å²) in [6.45, 7) is 2.08. The van der Waals surface area contributed by atoms with Gasteiger partial charge in [0, 0.05) is 5.33 Å². The van der Waals surface area contributed by atoms with E-state index in [0.717, 1.165) is 11.8 Å². The normalized spacial score (nSPS) is 10.0. The Balaban J connectivity index is 3.06. The summed E-state index contributed by atoms with van der Waals surface area (Å²) < 4.78 is 0. The second-order valence-electron chi connectivity index (χ2n) is 2.44. The molecule has 0 saturated heterocycles. The van der Waals surface area contributed by atoms with Crippen LogP contribution in [-0.4, -0.2) is 5.11 Å². The maximum absolute atomic E-state index is 9.15. The van der Waals surface area contributed by atoms with Crippen LogP contribution in [0.15, 0.2) is 18.2 Å². The summed E-state index contributed by atoms with van der Waals surface area (Å²) in [4.78, 5) is 0. The molecule has 1 aromatic rings. The average Bonchev–Trinajstić information content (AvgIpc) is 2.04. The number of aromatic hydroxyl groups is 1. The Morgan fingerprint density at radius 2 is 2.09 bits per heavy atom. The highest BCUT2D eigenvalue weighted by molar-refractivity contribution is 9.08. The van der Waals surface area contributed by atoms with Gasteiger partial charge in [-0.15, -0.1) is 0 Å². The van der Waals surface area contributed by atoms with Gasteiger partial charge in [-0.25, -0.2) is 0 Å². The zero-order valence-corrected chi connectivity index (χ0v) is 8.06. The quantitative estimate of drug-likeness (QED) is 0.752. The van der Waals surface area contributed by atoms with Gasteiger partial charge in [-0.3, -0.25) is 0 Å². The maximum atomic E-state index is 9.15. The summed E-state index contributed by atoms with van der Waals surface area (Å²) in [6.07, 6.45) is 0.968. The van der Waals surface area contributed by atoms with Crippen LogP contribution in [0.25, 0.3) is 0 Å². The first-order valence-corrected chi connectivity index (χ1v) is 4.76. The van der Waals surface area contributed by atoms with Crippen LogP contribution in [0.2, 0.25) is 0 Å². The van der Waals surface area contributed by atoms with E-state index in [4.69, 9.17) is 5.11 Å². The van der Waals surface area contributed by atoms with Gasteiger partial charge in [0.1, 0.15) is 5.75 Å². The zero-order chi connectivity index (χ0) is 8.27. The number of halogens is 1. The predicted molar refractivity (Wildman–Crippen MR) is 50.1 cm³/mol. The number of rotatable bonds is 2. The molecule has 1 N–H and O–H groups in total. The van der Waals surface area contributed by atoms with E-state index < -0.39 is 0 Å². The van der Waals surface area contributed by atoms with Gasteiger partial charge in [0.05, 0.1) is 0 Å². The largest absolute Gasteiger partial charge is 0.508 e. The topological polar surface area (TPSA) is 20.2 Å². The van der Waals surface area contributed by atoms with Crippen molar-refractivity contribution in [2.45, 2.75) is 18.7 Å². The Hall–Kier alpha value is -0.500. The molecule has 1 rings (SSSR count). The fraction of sp³-hybridized carbons (Fsp3) is 0.333. The molecule has 0 bridgehead atoms. The SMILES string of the molecule is CCc1cc(O)ccc1CBr. The predicted octanol–water partition coefficient (Wildman–Crippen LogP) is 2.85. The van der Waals surface area contributed by atoms with Crippen LogP contribution in [0.3, 0.4) is 0 Å². The van der Waals surface area contributed by atoms with Crippen molar-refractivity contribution >= 4 is 15.9 Å².